The van der Waals surface area contributed by atoms with Gasteiger partial charge in [-0.15, -0.1) is 0 Å². The SMILES string of the molecule is COc1ccc2nc(N3CCN(C(=O)CC4CCCCO4)CC3)c(C#N)cc2c1. The van der Waals surface area contributed by atoms with Crippen LogP contribution in [0.5, 0.6) is 5.75 Å². The highest BCUT2D eigenvalue weighted by atomic mass is 16.5. The van der Waals surface area contributed by atoms with E-state index in [1.807, 2.05) is 29.2 Å². The second kappa shape index (κ2) is 8.66. The molecule has 1 aromatic carbocycles. The van der Waals surface area contributed by atoms with Gasteiger partial charge in [0.25, 0.3) is 0 Å². The molecule has 1 atom stereocenters. The molecule has 7 heteroatoms. The number of methoxy groups -OCH3 is 1. The molecule has 2 aliphatic heterocycles. The first-order valence-electron chi connectivity index (χ1n) is 10.2. The van der Waals surface area contributed by atoms with E-state index < -0.39 is 0 Å². The summed E-state index contributed by atoms with van der Waals surface area (Å²) in [6.07, 6.45) is 3.75. The number of carbonyl (C=O) groups excluding carboxylic acids is 1. The third-order valence-corrected chi connectivity index (χ3v) is 5.73. The van der Waals surface area contributed by atoms with Gasteiger partial charge in [-0.3, -0.25) is 4.79 Å². The average Bonchev–Trinajstić information content (AvgIpc) is 2.78. The molecule has 29 heavy (non-hydrogen) atoms. The van der Waals surface area contributed by atoms with Gasteiger partial charge in [0.05, 0.1) is 30.7 Å². The van der Waals surface area contributed by atoms with E-state index in [-0.39, 0.29) is 12.0 Å². The van der Waals surface area contributed by atoms with Crippen molar-refractivity contribution in [3.63, 3.8) is 0 Å². The zero-order valence-corrected chi connectivity index (χ0v) is 16.8. The first-order chi connectivity index (χ1) is 14.2. The summed E-state index contributed by atoms with van der Waals surface area (Å²) in [6.45, 7) is 3.38. The molecule has 1 aromatic heterocycles. The third-order valence-electron chi connectivity index (χ3n) is 5.73. The van der Waals surface area contributed by atoms with Gasteiger partial charge in [-0.05, 0) is 43.5 Å². The van der Waals surface area contributed by atoms with Crippen LogP contribution in [-0.2, 0) is 9.53 Å². The Balaban J connectivity index is 1.44. The van der Waals surface area contributed by atoms with E-state index in [2.05, 4.69) is 11.0 Å². The molecule has 1 unspecified atom stereocenters. The molecular weight excluding hydrogens is 368 g/mol. The summed E-state index contributed by atoms with van der Waals surface area (Å²) < 4.78 is 11.0. The van der Waals surface area contributed by atoms with Gasteiger partial charge in [-0.1, -0.05) is 0 Å². The minimum absolute atomic E-state index is 0.0682. The molecular formula is C22H26N4O3. The largest absolute Gasteiger partial charge is 0.497 e. The van der Waals surface area contributed by atoms with E-state index in [9.17, 15) is 10.1 Å². The van der Waals surface area contributed by atoms with E-state index in [0.717, 1.165) is 42.5 Å². The molecule has 0 bridgehead atoms. The van der Waals surface area contributed by atoms with Gasteiger partial charge in [0.1, 0.15) is 17.6 Å². The van der Waals surface area contributed by atoms with Gasteiger partial charge < -0.3 is 19.3 Å². The topological polar surface area (TPSA) is 78.7 Å². The minimum atomic E-state index is 0.0682. The first-order valence-corrected chi connectivity index (χ1v) is 10.2. The molecule has 2 saturated heterocycles. The molecule has 0 radical (unpaired) electrons. The lowest BCUT2D eigenvalue weighted by molar-refractivity contribution is -0.135. The van der Waals surface area contributed by atoms with Gasteiger partial charge in [0.15, 0.2) is 0 Å². The second-order valence-electron chi connectivity index (χ2n) is 7.59. The Hall–Kier alpha value is -2.85. The maximum Gasteiger partial charge on any atom is 0.225 e. The number of rotatable bonds is 4. The number of carbonyl (C=O) groups is 1. The number of pyridine rings is 1. The number of hydrogen-bond acceptors (Lipinski definition) is 6. The predicted octanol–water partition coefficient (Wildman–Crippen LogP) is 2.72. The van der Waals surface area contributed by atoms with Crippen LogP contribution in [0.1, 0.15) is 31.2 Å². The predicted molar refractivity (Wildman–Crippen MR) is 110 cm³/mol. The van der Waals surface area contributed by atoms with Crippen molar-refractivity contribution in [1.82, 2.24) is 9.88 Å². The Morgan fingerprint density at radius 1 is 1.28 bits per heavy atom. The van der Waals surface area contributed by atoms with Crippen LogP contribution in [0, 0.1) is 11.3 Å². The van der Waals surface area contributed by atoms with Gasteiger partial charge in [0.2, 0.25) is 5.91 Å². The molecule has 1 amide bonds. The molecule has 2 fully saturated rings. The number of aromatic nitrogens is 1. The molecule has 4 rings (SSSR count). The summed E-state index contributed by atoms with van der Waals surface area (Å²) in [7, 11) is 1.62. The van der Waals surface area contributed by atoms with Crippen molar-refractivity contribution in [2.24, 2.45) is 0 Å². The molecule has 0 aliphatic carbocycles. The number of piperazine rings is 1. The second-order valence-corrected chi connectivity index (χ2v) is 7.59. The molecule has 3 heterocycles. The van der Waals surface area contributed by atoms with Gasteiger partial charge >= 0.3 is 0 Å². The van der Waals surface area contributed by atoms with Crippen molar-refractivity contribution in [3.8, 4) is 11.8 Å². The van der Waals surface area contributed by atoms with Crippen LogP contribution in [0.3, 0.4) is 0 Å². The summed E-state index contributed by atoms with van der Waals surface area (Å²) >= 11 is 0. The van der Waals surface area contributed by atoms with Crippen molar-refractivity contribution in [1.29, 1.82) is 5.26 Å². The van der Waals surface area contributed by atoms with Crippen LogP contribution in [0.2, 0.25) is 0 Å². The maximum absolute atomic E-state index is 12.6. The Morgan fingerprint density at radius 3 is 2.79 bits per heavy atom. The van der Waals surface area contributed by atoms with E-state index in [0.29, 0.717) is 44.0 Å². The molecule has 152 valence electrons. The maximum atomic E-state index is 12.6. The van der Waals surface area contributed by atoms with E-state index in [1.165, 1.54) is 0 Å². The fourth-order valence-corrected chi connectivity index (χ4v) is 4.05. The lowest BCUT2D eigenvalue weighted by Crippen LogP contribution is -2.50. The van der Waals surface area contributed by atoms with Crippen molar-refractivity contribution < 1.29 is 14.3 Å². The molecule has 0 spiro atoms. The number of nitrogens with zero attached hydrogens (tertiary/aromatic N) is 4. The number of nitriles is 1. The summed E-state index contributed by atoms with van der Waals surface area (Å²) in [6, 6.07) is 9.79. The third kappa shape index (κ3) is 4.28. The lowest BCUT2D eigenvalue weighted by atomic mass is 10.1. The summed E-state index contributed by atoms with van der Waals surface area (Å²) in [5.41, 5.74) is 1.37. The van der Waals surface area contributed by atoms with Crippen molar-refractivity contribution >= 4 is 22.6 Å². The highest BCUT2D eigenvalue weighted by Gasteiger charge is 2.26. The number of hydrogen-bond donors (Lipinski definition) is 0. The highest BCUT2D eigenvalue weighted by Crippen LogP contribution is 2.27. The summed E-state index contributed by atoms with van der Waals surface area (Å²) in [5, 5.41) is 10.5. The Kier molecular flexibility index (Phi) is 5.81. The molecule has 2 aromatic rings. The van der Waals surface area contributed by atoms with Gasteiger partial charge in [0, 0.05) is 38.2 Å². The fourth-order valence-electron chi connectivity index (χ4n) is 4.05. The van der Waals surface area contributed by atoms with Crippen molar-refractivity contribution in [2.75, 3.05) is 44.8 Å². The minimum Gasteiger partial charge on any atom is -0.497 e. The molecule has 0 saturated carbocycles. The summed E-state index contributed by atoms with van der Waals surface area (Å²) in [4.78, 5) is 21.4. The standard InChI is InChI=1S/C22H26N4O3/c1-28-18-5-6-20-16(13-18)12-17(15-23)22(24-20)26-9-7-25(8-10-26)21(27)14-19-4-2-3-11-29-19/h5-6,12-13,19H,2-4,7-11,14H2,1H3. The highest BCUT2D eigenvalue weighted by molar-refractivity contribution is 5.84. The first kappa shape index (κ1) is 19.5. The monoisotopic (exact) mass is 394 g/mol. The van der Waals surface area contributed by atoms with Crippen LogP contribution >= 0.6 is 0 Å². The Labute approximate surface area is 170 Å². The number of amides is 1. The van der Waals surface area contributed by atoms with E-state index >= 15 is 0 Å². The number of benzene rings is 1. The van der Waals surface area contributed by atoms with Crippen molar-refractivity contribution in [2.45, 2.75) is 31.8 Å². The van der Waals surface area contributed by atoms with Crippen LogP contribution in [0.15, 0.2) is 24.3 Å². The lowest BCUT2D eigenvalue weighted by Gasteiger charge is -2.36. The average molecular weight is 394 g/mol. The smallest absolute Gasteiger partial charge is 0.225 e. The van der Waals surface area contributed by atoms with Crippen LogP contribution in [0.25, 0.3) is 10.9 Å². The van der Waals surface area contributed by atoms with Crippen LogP contribution in [-0.4, -0.2) is 61.8 Å². The number of ether oxygens (including phenoxy) is 2. The van der Waals surface area contributed by atoms with E-state index in [1.54, 1.807) is 7.11 Å². The van der Waals surface area contributed by atoms with Gasteiger partial charge in [-0.25, -0.2) is 4.98 Å². The molecule has 7 nitrogen and oxygen atoms in total. The van der Waals surface area contributed by atoms with Crippen molar-refractivity contribution in [3.05, 3.63) is 29.8 Å². The quantitative estimate of drug-likeness (QED) is 0.793. The van der Waals surface area contributed by atoms with Crippen LogP contribution < -0.4 is 9.64 Å². The molecule has 0 N–H and O–H groups in total. The summed E-state index contributed by atoms with van der Waals surface area (Å²) in [5.74, 6) is 1.59. The fraction of sp³-hybridized carbons (Fsp3) is 0.500. The Morgan fingerprint density at radius 2 is 2.10 bits per heavy atom. The van der Waals surface area contributed by atoms with E-state index in [4.69, 9.17) is 14.5 Å². The number of fused-ring (bicyclic) bond motifs is 1. The van der Waals surface area contributed by atoms with Crippen LogP contribution in [0.4, 0.5) is 5.82 Å². The zero-order chi connectivity index (χ0) is 20.2. The number of anilines is 1. The normalized spacial score (nSPS) is 19.8. The Bertz CT molecular complexity index is 926. The zero-order valence-electron chi connectivity index (χ0n) is 16.8. The molecule has 2 aliphatic rings. The van der Waals surface area contributed by atoms with Gasteiger partial charge in [-0.2, -0.15) is 5.26 Å².